The van der Waals surface area contributed by atoms with Crippen molar-refractivity contribution in [3.05, 3.63) is 11.6 Å². The lowest BCUT2D eigenvalue weighted by atomic mass is 10.2. The van der Waals surface area contributed by atoms with Crippen LogP contribution in [0.15, 0.2) is 11.6 Å². The Kier molecular flexibility index (Phi) is 6.25. The molecule has 0 spiro atoms. The summed E-state index contributed by atoms with van der Waals surface area (Å²) in [5.41, 5.74) is 1.43. The predicted octanol–water partition coefficient (Wildman–Crippen LogP) is 1.99. The van der Waals surface area contributed by atoms with Crippen LogP contribution in [0.5, 0.6) is 0 Å². The first-order valence-electron chi connectivity index (χ1n) is 6.48. The van der Waals surface area contributed by atoms with Gasteiger partial charge in [0.1, 0.15) is 0 Å². The number of hydrogen-bond donors (Lipinski definition) is 2. The average Bonchev–Trinajstić information content (AvgIpc) is 2.81. The standard InChI is InChI=1S/C13H22N2O3/c1-15(10-4-7-12(16)17)13(18)14-9-8-11-5-2-3-6-11/h5H,2-4,6-10H2,1H3,(H,14,18)(H,16,17). The summed E-state index contributed by atoms with van der Waals surface area (Å²) in [5.74, 6) is -0.822. The molecule has 0 fully saturated rings. The molecule has 5 nitrogen and oxygen atoms in total. The molecular formula is C13H22N2O3. The van der Waals surface area contributed by atoms with Crippen molar-refractivity contribution in [3.63, 3.8) is 0 Å². The molecule has 102 valence electrons. The molecule has 1 aliphatic carbocycles. The Morgan fingerprint density at radius 1 is 1.50 bits per heavy atom. The molecule has 2 N–H and O–H groups in total. The van der Waals surface area contributed by atoms with Crippen molar-refractivity contribution >= 4 is 12.0 Å². The maximum absolute atomic E-state index is 11.6. The molecule has 0 saturated carbocycles. The first-order chi connectivity index (χ1) is 8.59. The zero-order valence-corrected chi connectivity index (χ0v) is 10.9. The number of nitrogens with zero attached hydrogens (tertiary/aromatic N) is 1. The van der Waals surface area contributed by atoms with E-state index in [9.17, 15) is 9.59 Å². The molecule has 0 aromatic rings. The van der Waals surface area contributed by atoms with Crippen LogP contribution >= 0.6 is 0 Å². The average molecular weight is 254 g/mol. The maximum atomic E-state index is 11.6. The van der Waals surface area contributed by atoms with E-state index >= 15 is 0 Å². The Bertz CT molecular complexity index is 326. The van der Waals surface area contributed by atoms with Gasteiger partial charge in [-0.05, 0) is 32.1 Å². The summed E-state index contributed by atoms with van der Waals surface area (Å²) in [5, 5.41) is 11.3. The van der Waals surface area contributed by atoms with Gasteiger partial charge < -0.3 is 15.3 Å². The largest absolute Gasteiger partial charge is 0.481 e. The number of carboxylic acids is 1. The first kappa shape index (κ1) is 14.5. The van der Waals surface area contributed by atoms with E-state index in [0.29, 0.717) is 19.5 Å². The van der Waals surface area contributed by atoms with Gasteiger partial charge in [-0.2, -0.15) is 0 Å². The van der Waals surface area contributed by atoms with Gasteiger partial charge in [0.2, 0.25) is 0 Å². The van der Waals surface area contributed by atoms with Crippen molar-refractivity contribution in [3.8, 4) is 0 Å². The fraction of sp³-hybridized carbons (Fsp3) is 0.692. The number of carbonyl (C=O) groups is 2. The van der Waals surface area contributed by atoms with Gasteiger partial charge in [0, 0.05) is 26.6 Å². The van der Waals surface area contributed by atoms with E-state index < -0.39 is 5.97 Å². The fourth-order valence-electron chi connectivity index (χ4n) is 2.00. The Hall–Kier alpha value is -1.52. The maximum Gasteiger partial charge on any atom is 0.317 e. The molecule has 0 aliphatic heterocycles. The van der Waals surface area contributed by atoms with Gasteiger partial charge in [-0.25, -0.2) is 4.79 Å². The molecule has 0 atom stereocenters. The van der Waals surface area contributed by atoms with Gasteiger partial charge in [0.05, 0.1) is 0 Å². The highest BCUT2D eigenvalue weighted by Crippen LogP contribution is 2.19. The van der Waals surface area contributed by atoms with E-state index in [-0.39, 0.29) is 12.5 Å². The van der Waals surface area contributed by atoms with Crippen LogP contribution in [-0.4, -0.2) is 42.1 Å². The highest BCUT2D eigenvalue weighted by atomic mass is 16.4. The molecule has 0 aromatic heterocycles. The smallest absolute Gasteiger partial charge is 0.317 e. The van der Waals surface area contributed by atoms with Gasteiger partial charge in [-0.1, -0.05) is 11.6 Å². The van der Waals surface area contributed by atoms with Crippen molar-refractivity contribution in [2.45, 2.75) is 38.5 Å². The molecule has 0 unspecified atom stereocenters. The van der Waals surface area contributed by atoms with E-state index in [2.05, 4.69) is 11.4 Å². The minimum atomic E-state index is -0.822. The van der Waals surface area contributed by atoms with Crippen molar-refractivity contribution in [1.29, 1.82) is 0 Å². The topological polar surface area (TPSA) is 69.6 Å². The SMILES string of the molecule is CN(CCCC(=O)O)C(=O)NCCC1=CCCC1. The van der Waals surface area contributed by atoms with Crippen LogP contribution in [0.3, 0.4) is 0 Å². The molecule has 0 heterocycles. The molecule has 18 heavy (non-hydrogen) atoms. The fourth-order valence-corrected chi connectivity index (χ4v) is 2.00. The van der Waals surface area contributed by atoms with Crippen LogP contribution in [-0.2, 0) is 4.79 Å². The molecule has 2 amide bonds. The van der Waals surface area contributed by atoms with Crippen LogP contribution in [0.2, 0.25) is 0 Å². The van der Waals surface area contributed by atoms with Crippen LogP contribution in [0.4, 0.5) is 4.79 Å². The first-order valence-corrected chi connectivity index (χ1v) is 6.48. The normalized spacial score (nSPS) is 14.2. The van der Waals surface area contributed by atoms with E-state index in [4.69, 9.17) is 5.11 Å². The van der Waals surface area contributed by atoms with E-state index in [1.165, 1.54) is 23.3 Å². The molecule has 0 saturated heterocycles. The zero-order valence-electron chi connectivity index (χ0n) is 10.9. The molecule has 0 radical (unpaired) electrons. The molecular weight excluding hydrogens is 232 g/mol. The summed E-state index contributed by atoms with van der Waals surface area (Å²) in [4.78, 5) is 23.5. The second-order valence-electron chi connectivity index (χ2n) is 4.66. The molecule has 0 bridgehead atoms. The Morgan fingerprint density at radius 2 is 2.28 bits per heavy atom. The number of allylic oxidation sites excluding steroid dienone is 1. The highest BCUT2D eigenvalue weighted by molar-refractivity contribution is 5.73. The summed E-state index contributed by atoms with van der Waals surface area (Å²) in [7, 11) is 1.69. The summed E-state index contributed by atoms with van der Waals surface area (Å²) in [6.07, 6.45) is 7.33. The number of hydrogen-bond acceptors (Lipinski definition) is 2. The Morgan fingerprint density at radius 3 is 2.89 bits per heavy atom. The number of carbonyl (C=O) groups excluding carboxylic acids is 1. The second kappa shape index (κ2) is 7.74. The third kappa shape index (κ3) is 5.70. The molecule has 1 aliphatic rings. The molecule has 5 heteroatoms. The van der Waals surface area contributed by atoms with Gasteiger partial charge in [-0.3, -0.25) is 4.79 Å². The van der Waals surface area contributed by atoms with Crippen LogP contribution in [0, 0.1) is 0 Å². The summed E-state index contributed by atoms with van der Waals surface area (Å²) in [6, 6.07) is -0.126. The lowest BCUT2D eigenvalue weighted by Crippen LogP contribution is -2.38. The third-order valence-corrected chi connectivity index (χ3v) is 3.09. The predicted molar refractivity (Wildman–Crippen MR) is 69.4 cm³/mol. The van der Waals surface area contributed by atoms with E-state index in [1.807, 2.05) is 0 Å². The third-order valence-electron chi connectivity index (χ3n) is 3.09. The number of rotatable bonds is 7. The number of carboxylic acid groups (broad SMARTS) is 1. The monoisotopic (exact) mass is 254 g/mol. The van der Waals surface area contributed by atoms with Gasteiger partial charge in [0.25, 0.3) is 0 Å². The van der Waals surface area contributed by atoms with Gasteiger partial charge in [-0.15, -0.1) is 0 Å². The van der Waals surface area contributed by atoms with Crippen LogP contribution in [0.1, 0.15) is 38.5 Å². The van der Waals surface area contributed by atoms with Crippen LogP contribution in [0.25, 0.3) is 0 Å². The molecule has 1 rings (SSSR count). The van der Waals surface area contributed by atoms with Crippen molar-refractivity contribution in [1.82, 2.24) is 10.2 Å². The zero-order chi connectivity index (χ0) is 13.4. The van der Waals surface area contributed by atoms with E-state index in [1.54, 1.807) is 7.05 Å². The lowest BCUT2D eigenvalue weighted by molar-refractivity contribution is -0.137. The highest BCUT2D eigenvalue weighted by Gasteiger charge is 2.09. The van der Waals surface area contributed by atoms with Crippen LogP contribution < -0.4 is 5.32 Å². The minimum absolute atomic E-state index is 0.102. The minimum Gasteiger partial charge on any atom is -0.481 e. The van der Waals surface area contributed by atoms with Crippen molar-refractivity contribution in [2.75, 3.05) is 20.1 Å². The Labute approximate surface area is 108 Å². The number of aliphatic carboxylic acids is 1. The quantitative estimate of drug-likeness (QED) is 0.683. The van der Waals surface area contributed by atoms with Gasteiger partial charge >= 0.3 is 12.0 Å². The van der Waals surface area contributed by atoms with Crippen molar-refractivity contribution in [2.24, 2.45) is 0 Å². The summed E-state index contributed by atoms with van der Waals surface area (Å²) in [6.45, 7) is 1.13. The van der Waals surface area contributed by atoms with Gasteiger partial charge in [0.15, 0.2) is 0 Å². The number of nitrogens with one attached hydrogen (secondary N) is 1. The molecule has 0 aromatic carbocycles. The number of amides is 2. The summed E-state index contributed by atoms with van der Waals surface area (Å²) < 4.78 is 0. The van der Waals surface area contributed by atoms with Crippen molar-refractivity contribution < 1.29 is 14.7 Å². The summed E-state index contributed by atoms with van der Waals surface area (Å²) >= 11 is 0. The number of urea groups is 1. The second-order valence-corrected chi connectivity index (χ2v) is 4.66. The lowest BCUT2D eigenvalue weighted by Gasteiger charge is -2.17. The Balaban J connectivity index is 2.09. The van der Waals surface area contributed by atoms with E-state index in [0.717, 1.165) is 12.8 Å².